The van der Waals surface area contributed by atoms with Crippen LogP contribution in [-0.4, -0.2) is 41.3 Å². The first-order valence-corrected chi connectivity index (χ1v) is 6.28. The fourth-order valence-corrected chi connectivity index (χ4v) is 2.62. The Kier molecular flexibility index (Phi) is 2.83. The minimum atomic E-state index is -0.193. The van der Waals surface area contributed by atoms with Gasteiger partial charge >= 0.3 is 0 Å². The van der Waals surface area contributed by atoms with Gasteiger partial charge in [0, 0.05) is 18.9 Å². The molecule has 0 aliphatic carbocycles. The first-order valence-electron chi connectivity index (χ1n) is 6.28. The van der Waals surface area contributed by atoms with E-state index in [9.17, 15) is 9.59 Å². The predicted molar refractivity (Wildman–Crippen MR) is 65.2 cm³/mol. The summed E-state index contributed by atoms with van der Waals surface area (Å²) >= 11 is 0. The van der Waals surface area contributed by atoms with Crippen LogP contribution in [0.25, 0.3) is 0 Å². The molecule has 2 amide bonds. The maximum Gasteiger partial charge on any atom is 0.263 e. The molecule has 18 heavy (non-hydrogen) atoms. The van der Waals surface area contributed by atoms with E-state index in [0.717, 1.165) is 25.9 Å². The Bertz CT molecular complexity index is 460. The van der Waals surface area contributed by atoms with E-state index in [0.29, 0.717) is 23.6 Å². The van der Waals surface area contributed by atoms with Crippen molar-refractivity contribution in [2.24, 2.45) is 5.92 Å². The van der Waals surface area contributed by atoms with E-state index in [2.05, 4.69) is 10.3 Å². The van der Waals surface area contributed by atoms with E-state index in [1.165, 1.54) is 11.1 Å². The number of carbonyl (C=O) groups is 2. The van der Waals surface area contributed by atoms with Gasteiger partial charge in [0.2, 0.25) is 0 Å². The highest BCUT2D eigenvalue weighted by molar-refractivity contribution is 6.21. The molecule has 1 fully saturated rings. The van der Waals surface area contributed by atoms with Gasteiger partial charge in [-0.15, -0.1) is 0 Å². The van der Waals surface area contributed by atoms with Crippen molar-refractivity contribution in [3.8, 4) is 0 Å². The number of aromatic nitrogens is 1. The molecule has 0 unspecified atom stereocenters. The summed E-state index contributed by atoms with van der Waals surface area (Å²) in [5.41, 5.74) is 0.931. The van der Waals surface area contributed by atoms with Gasteiger partial charge in [-0.2, -0.15) is 0 Å². The van der Waals surface area contributed by atoms with Crippen LogP contribution in [-0.2, 0) is 0 Å². The molecule has 1 aromatic rings. The second-order valence-corrected chi connectivity index (χ2v) is 4.84. The lowest BCUT2D eigenvalue weighted by Crippen LogP contribution is -2.38. The summed E-state index contributed by atoms with van der Waals surface area (Å²) in [6.45, 7) is 2.47. The highest BCUT2D eigenvalue weighted by Crippen LogP contribution is 2.24. The monoisotopic (exact) mass is 245 g/mol. The molecule has 0 atom stereocenters. The van der Waals surface area contributed by atoms with Crippen molar-refractivity contribution in [1.82, 2.24) is 15.2 Å². The molecule has 2 aliphatic heterocycles. The summed E-state index contributed by atoms with van der Waals surface area (Å²) in [6.07, 6.45) is 5.08. The highest BCUT2D eigenvalue weighted by Gasteiger charge is 2.36. The van der Waals surface area contributed by atoms with Crippen LogP contribution in [0.2, 0.25) is 0 Å². The van der Waals surface area contributed by atoms with Crippen LogP contribution in [0.15, 0.2) is 18.5 Å². The Morgan fingerprint density at radius 3 is 2.67 bits per heavy atom. The molecule has 3 heterocycles. The lowest BCUT2D eigenvalue weighted by Gasteiger charge is -2.26. The Balaban J connectivity index is 1.79. The summed E-state index contributed by atoms with van der Waals surface area (Å²) in [5, 5.41) is 3.28. The van der Waals surface area contributed by atoms with E-state index in [1.54, 1.807) is 12.3 Å². The Hall–Kier alpha value is -1.75. The average molecular weight is 245 g/mol. The van der Waals surface area contributed by atoms with Crippen molar-refractivity contribution in [3.63, 3.8) is 0 Å². The number of nitrogens with zero attached hydrogens (tertiary/aromatic N) is 2. The molecular weight excluding hydrogens is 230 g/mol. The molecule has 1 N–H and O–H groups in total. The van der Waals surface area contributed by atoms with Crippen LogP contribution in [0, 0.1) is 5.92 Å². The van der Waals surface area contributed by atoms with Crippen molar-refractivity contribution >= 4 is 11.8 Å². The van der Waals surface area contributed by atoms with Gasteiger partial charge in [0.1, 0.15) is 0 Å². The SMILES string of the molecule is O=C1c2ccncc2C(=O)N1CC1CCNCC1. The third-order valence-corrected chi connectivity index (χ3v) is 3.67. The summed E-state index contributed by atoms with van der Waals surface area (Å²) in [6, 6.07) is 1.62. The summed E-state index contributed by atoms with van der Waals surface area (Å²) in [4.78, 5) is 29.6. The Labute approximate surface area is 105 Å². The van der Waals surface area contributed by atoms with Crippen molar-refractivity contribution in [3.05, 3.63) is 29.6 Å². The van der Waals surface area contributed by atoms with E-state index in [4.69, 9.17) is 0 Å². The van der Waals surface area contributed by atoms with E-state index in [1.807, 2.05) is 0 Å². The smallest absolute Gasteiger partial charge is 0.263 e. The first-order chi connectivity index (χ1) is 8.77. The molecule has 1 aromatic heterocycles. The molecule has 0 saturated carbocycles. The minimum absolute atomic E-state index is 0.170. The zero-order chi connectivity index (χ0) is 12.5. The van der Waals surface area contributed by atoms with Crippen LogP contribution in [0.3, 0.4) is 0 Å². The van der Waals surface area contributed by atoms with Crippen molar-refractivity contribution in [2.45, 2.75) is 12.8 Å². The number of carbonyl (C=O) groups excluding carboxylic acids is 2. The predicted octanol–water partition coefficient (Wildman–Crippen LogP) is 0.677. The number of hydrogen-bond donors (Lipinski definition) is 1. The number of hydrogen-bond acceptors (Lipinski definition) is 4. The highest BCUT2D eigenvalue weighted by atomic mass is 16.2. The lowest BCUT2D eigenvalue weighted by atomic mass is 9.97. The van der Waals surface area contributed by atoms with Crippen molar-refractivity contribution < 1.29 is 9.59 Å². The normalized spacial score (nSPS) is 20.3. The standard InChI is InChI=1S/C13H15N3O2/c17-12-10-3-6-15-7-11(10)13(18)16(12)8-9-1-4-14-5-2-9/h3,6-7,9,14H,1-2,4-5,8H2. The Morgan fingerprint density at radius 1 is 1.22 bits per heavy atom. The first kappa shape index (κ1) is 11.3. The van der Waals surface area contributed by atoms with Crippen LogP contribution < -0.4 is 5.32 Å². The molecule has 94 valence electrons. The van der Waals surface area contributed by atoms with Gasteiger partial charge in [0.05, 0.1) is 11.1 Å². The van der Waals surface area contributed by atoms with Gasteiger partial charge in [-0.3, -0.25) is 19.5 Å². The van der Waals surface area contributed by atoms with E-state index >= 15 is 0 Å². The zero-order valence-corrected chi connectivity index (χ0v) is 10.1. The number of fused-ring (bicyclic) bond motifs is 1. The van der Waals surface area contributed by atoms with Gasteiger partial charge < -0.3 is 5.32 Å². The molecule has 0 spiro atoms. The number of amides is 2. The topological polar surface area (TPSA) is 62.3 Å². The van der Waals surface area contributed by atoms with Crippen molar-refractivity contribution in [2.75, 3.05) is 19.6 Å². The number of rotatable bonds is 2. The number of pyridine rings is 1. The summed E-state index contributed by atoms with van der Waals surface area (Å²) < 4.78 is 0. The number of piperidine rings is 1. The third-order valence-electron chi connectivity index (χ3n) is 3.67. The zero-order valence-electron chi connectivity index (χ0n) is 10.1. The Morgan fingerprint density at radius 2 is 1.94 bits per heavy atom. The molecule has 0 aromatic carbocycles. The maximum atomic E-state index is 12.1. The molecule has 5 heteroatoms. The fraction of sp³-hybridized carbons (Fsp3) is 0.462. The molecule has 1 saturated heterocycles. The van der Waals surface area contributed by atoms with Gasteiger partial charge in [0.25, 0.3) is 11.8 Å². The number of nitrogens with one attached hydrogen (secondary N) is 1. The van der Waals surface area contributed by atoms with Crippen LogP contribution >= 0.6 is 0 Å². The van der Waals surface area contributed by atoms with Crippen LogP contribution in [0.5, 0.6) is 0 Å². The third kappa shape index (κ3) is 1.80. The second kappa shape index (κ2) is 4.49. The van der Waals surface area contributed by atoms with Crippen LogP contribution in [0.4, 0.5) is 0 Å². The lowest BCUT2D eigenvalue weighted by molar-refractivity contribution is 0.0619. The van der Waals surface area contributed by atoms with Crippen LogP contribution in [0.1, 0.15) is 33.6 Å². The van der Waals surface area contributed by atoms with Gasteiger partial charge in [-0.1, -0.05) is 0 Å². The quantitative estimate of drug-likeness (QED) is 0.778. The van der Waals surface area contributed by atoms with Gasteiger partial charge in [-0.25, -0.2) is 0 Å². The number of imide groups is 1. The van der Waals surface area contributed by atoms with Gasteiger partial charge in [0.15, 0.2) is 0 Å². The molecular formula is C13H15N3O2. The fourth-order valence-electron chi connectivity index (χ4n) is 2.62. The van der Waals surface area contributed by atoms with E-state index < -0.39 is 0 Å². The largest absolute Gasteiger partial charge is 0.317 e. The molecule has 2 aliphatic rings. The minimum Gasteiger partial charge on any atom is -0.317 e. The van der Waals surface area contributed by atoms with Crippen molar-refractivity contribution in [1.29, 1.82) is 0 Å². The van der Waals surface area contributed by atoms with Gasteiger partial charge in [-0.05, 0) is 37.9 Å². The summed E-state index contributed by atoms with van der Waals surface area (Å²) in [7, 11) is 0. The molecule has 5 nitrogen and oxygen atoms in total. The molecule has 0 radical (unpaired) electrons. The van der Waals surface area contributed by atoms with E-state index in [-0.39, 0.29) is 11.8 Å². The molecule has 0 bridgehead atoms. The maximum absolute atomic E-state index is 12.1. The second-order valence-electron chi connectivity index (χ2n) is 4.84. The average Bonchev–Trinajstić information content (AvgIpc) is 2.66. The summed E-state index contributed by atoms with van der Waals surface area (Å²) in [5.74, 6) is 0.0546. The molecule has 3 rings (SSSR count).